The molecule has 77 valence electrons. The Kier molecular flexibility index (Phi) is 14.0. The molecule has 1 rings (SSSR count). The molecule has 0 amide bonds. The van der Waals surface area contributed by atoms with Crippen molar-refractivity contribution in [2.45, 2.75) is 33.6 Å². The summed E-state index contributed by atoms with van der Waals surface area (Å²) in [6, 6.07) is 0. The van der Waals surface area contributed by atoms with Crippen molar-refractivity contribution in [2.75, 3.05) is 26.2 Å². The molecule has 1 aliphatic rings. The normalized spacial score (nSPS) is 18.5. The van der Waals surface area contributed by atoms with Crippen LogP contribution in [-0.2, 0) is 32.7 Å². The van der Waals surface area contributed by atoms with Gasteiger partial charge < -0.3 is 10.0 Å². The zero-order chi connectivity index (χ0) is 9.40. The number of aliphatic hydroxyl groups excluding tert-OH is 1. The van der Waals surface area contributed by atoms with Crippen LogP contribution in [0.3, 0.4) is 0 Å². The van der Waals surface area contributed by atoms with Gasteiger partial charge in [0.1, 0.15) is 0 Å². The van der Waals surface area contributed by atoms with Crippen LogP contribution in [-0.4, -0.2) is 36.2 Å². The Morgan fingerprint density at radius 1 is 1.23 bits per heavy atom. The van der Waals surface area contributed by atoms with Gasteiger partial charge in [-0.1, -0.05) is 20.8 Å². The number of hydrogen-bond donors (Lipinski definition) is 1. The minimum absolute atomic E-state index is 0. The zero-order valence-electron chi connectivity index (χ0n) is 9.29. The topological polar surface area (TPSA) is 23.5 Å². The molecule has 3 heteroatoms. The van der Waals surface area contributed by atoms with Crippen molar-refractivity contribution in [1.29, 1.82) is 0 Å². The number of likely N-dealkylation sites (tertiary alicyclic amines) is 1. The van der Waals surface area contributed by atoms with Gasteiger partial charge in [0.2, 0.25) is 0 Å². The Hall–Kier alpha value is 1.02. The van der Waals surface area contributed by atoms with Crippen LogP contribution >= 0.6 is 0 Å². The van der Waals surface area contributed by atoms with Gasteiger partial charge in [-0.15, -0.1) is 0 Å². The average Bonchev–Trinajstić information content (AvgIpc) is 2.13. The van der Waals surface area contributed by atoms with Gasteiger partial charge >= 0.3 is 0 Å². The Morgan fingerprint density at radius 2 is 1.69 bits per heavy atom. The van der Waals surface area contributed by atoms with Gasteiger partial charge in [0.05, 0.1) is 6.61 Å². The summed E-state index contributed by atoms with van der Waals surface area (Å²) >= 11 is 0. The molecule has 1 radical (unpaired) electrons. The van der Waals surface area contributed by atoms with E-state index in [1.807, 2.05) is 13.8 Å². The van der Waals surface area contributed by atoms with Crippen LogP contribution in [0.1, 0.15) is 33.6 Å². The monoisotopic (exact) mass is 262 g/mol. The van der Waals surface area contributed by atoms with E-state index in [9.17, 15) is 0 Å². The van der Waals surface area contributed by atoms with Crippen LogP contribution in [0.15, 0.2) is 0 Å². The molecule has 1 fully saturated rings. The molecule has 13 heavy (non-hydrogen) atoms. The first-order valence-corrected chi connectivity index (χ1v) is 5.16. The second-order valence-electron chi connectivity index (χ2n) is 3.25. The average molecular weight is 262 g/mol. The van der Waals surface area contributed by atoms with Crippen LogP contribution in [0.4, 0.5) is 0 Å². The molecule has 0 unspecified atom stereocenters. The van der Waals surface area contributed by atoms with Crippen molar-refractivity contribution < 1.29 is 37.8 Å². The number of nitrogens with zero attached hydrogens (tertiary/aromatic N) is 1. The van der Waals surface area contributed by atoms with Crippen LogP contribution < -0.4 is 0 Å². The second kappa shape index (κ2) is 11.1. The summed E-state index contributed by atoms with van der Waals surface area (Å²) in [5.74, 6) is 0.898. The first-order valence-electron chi connectivity index (χ1n) is 5.16. The maximum atomic E-state index is 8.64. The summed E-state index contributed by atoms with van der Waals surface area (Å²) < 4.78 is 0. The molecular formula is C10H23NOY. The molecule has 0 aromatic carbocycles. The van der Waals surface area contributed by atoms with Crippen LogP contribution in [0.2, 0.25) is 0 Å². The Bertz CT molecular complexity index is 92.9. The molecule has 0 aliphatic carbocycles. The van der Waals surface area contributed by atoms with E-state index in [0.29, 0.717) is 6.61 Å². The molecule has 2 nitrogen and oxygen atoms in total. The van der Waals surface area contributed by atoms with Crippen LogP contribution in [0, 0.1) is 5.92 Å². The number of rotatable bonds is 2. The third-order valence-electron chi connectivity index (χ3n) is 2.29. The molecule has 0 aromatic rings. The standard InChI is InChI=1S/C8H17NO.C2H6.Y/c1-8-2-4-9(5-3-8)6-7-10;1-2;/h8,10H,2-7H2,1H3;1-2H3;. The van der Waals surface area contributed by atoms with Crippen molar-refractivity contribution in [3.8, 4) is 0 Å². The predicted octanol–water partition coefficient (Wildman–Crippen LogP) is 1.73. The summed E-state index contributed by atoms with van der Waals surface area (Å²) in [5.41, 5.74) is 0. The van der Waals surface area contributed by atoms with E-state index < -0.39 is 0 Å². The molecule has 0 atom stereocenters. The Labute approximate surface area is 108 Å². The Balaban J connectivity index is 0. The SMILES string of the molecule is CC.CC1CCN(CCO)CC1.[Y]. The molecular weight excluding hydrogens is 239 g/mol. The summed E-state index contributed by atoms with van der Waals surface area (Å²) in [6.07, 6.45) is 2.61. The van der Waals surface area contributed by atoms with Gasteiger partial charge in [0.15, 0.2) is 0 Å². The fourth-order valence-electron chi connectivity index (χ4n) is 1.43. The van der Waals surface area contributed by atoms with E-state index in [2.05, 4.69) is 11.8 Å². The first kappa shape index (κ1) is 16.5. The van der Waals surface area contributed by atoms with Crippen LogP contribution in [0.5, 0.6) is 0 Å². The molecule has 0 saturated carbocycles. The number of aliphatic hydroxyl groups is 1. The molecule has 0 spiro atoms. The molecule has 0 bridgehead atoms. The van der Waals surface area contributed by atoms with Crippen LogP contribution in [0.25, 0.3) is 0 Å². The van der Waals surface area contributed by atoms with E-state index in [0.717, 1.165) is 12.5 Å². The van der Waals surface area contributed by atoms with Crippen molar-refractivity contribution in [3.05, 3.63) is 0 Å². The van der Waals surface area contributed by atoms with E-state index in [1.165, 1.54) is 25.9 Å². The van der Waals surface area contributed by atoms with E-state index in [1.54, 1.807) is 0 Å². The molecule has 1 N–H and O–H groups in total. The molecule has 0 aromatic heterocycles. The summed E-state index contributed by atoms with van der Waals surface area (Å²) in [4.78, 5) is 2.33. The van der Waals surface area contributed by atoms with Gasteiger partial charge in [-0.2, -0.15) is 0 Å². The third kappa shape index (κ3) is 8.05. The quantitative estimate of drug-likeness (QED) is 0.819. The summed E-state index contributed by atoms with van der Waals surface area (Å²) in [7, 11) is 0. The number of hydrogen-bond acceptors (Lipinski definition) is 2. The summed E-state index contributed by atoms with van der Waals surface area (Å²) in [5, 5.41) is 8.64. The molecule has 1 saturated heterocycles. The maximum absolute atomic E-state index is 8.64. The minimum Gasteiger partial charge on any atom is -0.395 e. The van der Waals surface area contributed by atoms with Crippen molar-refractivity contribution >= 4 is 0 Å². The summed E-state index contributed by atoms with van der Waals surface area (Å²) in [6.45, 7) is 9.85. The number of β-amino-alcohol motifs (C(OH)–C–C–N with tert-alkyl or cyclic N) is 1. The van der Waals surface area contributed by atoms with Crippen molar-refractivity contribution in [1.82, 2.24) is 4.90 Å². The molecule has 1 heterocycles. The van der Waals surface area contributed by atoms with E-state index in [-0.39, 0.29) is 32.7 Å². The van der Waals surface area contributed by atoms with Crippen molar-refractivity contribution in [2.24, 2.45) is 5.92 Å². The fraction of sp³-hybridized carbons (Fsp3) is 1.00. The largest absolute Gasteiger partial charge is 0.395 e. The molecule has 1 aliphatic heterocycles. The number of piperidine rings is 1. The maximum Gasteiger partial charge on any atom is 0.0558 e. The van der Waals surface area contributed by atoms with Gasteiger partial charge in [-0.3, -0.25) is 0 Å². The zero-order valence-corrected chi connectivity index (χ0v) is 12.1. The van der Waals surface area contributed by atoms with Gasteiger partial charge in [-0.25, -0.2) is 0 Å². The predicted molar refractivity (Wildman–Crippen MR) is 53.3 cm³/mol. The fourth-order valence-corrected chi connectivity index (χ4v) is 1.43. The van der Waals surface area contributed by atoms with E-state index >= 15 is 0 Å². The second-order valence-corrected chi connectivity index (χ2v) is 3.25. The smallest absolute Gasteiger partial charge is 0.0558 e. The Morgan fingerprint density at radius 3 is 2.08 bits per heavy atom. The van der Waals surface area contributed by atoms with E-state index in [4.69, 9.17) is 5.11 Å². The van der Waals surface area contributed by atoms with Gasteiger partial charge in [0.25, 0.3) is 0 Å². The minimum atomic E-state index is 0. The van der Waals surface area contributed by atoms with Gasteiger partial charge in [0, 0.05) is 39.3 Å². The first-order chi connectivity index (χ1) is 5.83. The van der Waals surface area contributed by atoms with Gasteiger partial charge in [-0.05, 0) is 31.8 Å². The third-order valence-corrected chi connectivity index (χ3v) is 2.29. The van der Waals surface area contributed by atoms with Crippen molar-refractivity contribution in [3.63, 3.8) is 0 Å².